The molecule has 2 heterocycles. The monoisotopic (exact) mass is 273 g/mol. The van der Waals surface area contributed by atoms with Crippen molar-refractivity contribution in [2.75, 3.05) is 7.11 Å². The van der Waals surface area contributed by atoms with E-state index in [9.17, 15) is 0 Å². The van der Waals surface area contributed by atoms with E-state index in [1.807, 2.05) is 22.8 Å². The summed E-state index contributed by atoms with van der Waals surface area (Å²) in [4.78, 5) is 5.57. The van der Waals surface area contributed by atoms with Crippen molar-refractivity contribution in [3.05, 3.63) is 35.0 Å². The zero-order valence-corrected chi connectivity index (χ0v) is 12.0. The molecule has 0 fully saturated rings. The number of hydrogen-bond donors (Lipinski definition) is 0. The standard InChI is InChI=1S/C14H15N3OS/c1-4-13-16-17-8-11(15-14(17)19-13)10-7-9(2)5-6-12(10)18-3/h5-8H,4H2,1-3H3. The molecule has 0 spiro atoms. The minimum Gasteiger partial charge on any atom is -0.496 e. The second-order valence-electron chi connectivity index (χ2n) is 4.41. The fraction of sp³-hybridized carbons (Fsp3) is 0.286. The van der Waals surface area contributed by atoms with Gasteiger partial charge in [0.15, 0.2) is 0 Å². The third kappa shape index (κ3) is 2.10. The van der Waals surface area contributed by atoms with Gasteiger partial charge in [-0.1, -0.05) is 29.9 Å². The van der Waals surface area contributed by atoms with Gasteiger partial charge in [0.2, 0.25) is 4.96 Å². The summed E-state index contributed by atoms with van der Waals surface area (Å²) in [7, 11) is 1.68. The quantitative estimate of drug-likeness (QED) is 0.734. The van der Waals surface area contributed by atoms with Crippen molar-refractivity contribution >= 4 is 16.3 Å². The van der Waals surface area contributed by atoms with Gasteiger partial charge in [-0.05, 0) is 25.5 Å². The van der Waals surface area contributed by atoms with Crippen LogP contribution < -0.4 is 4.74 Å². The molecule has 3 rings (SSSR count). The van der Waals surface area contributed by atoms with E-state index in [-0.39, 0.29) is 0 Å². The molecule has 19 heavy (non-hydrogen) atoms. The number of benzene rings is 1. The van der Waals surface area contributed by atoms with Gasteiger partial charge in [0.25, 0.3) is 0 Å². The van der Waals surface area contributed by atoms with Crippen molar-refractivity contribution in [3.63, 3.8) is 0 Å². The summed E-state index contributed by atoms with van der Waals surface area (Å²) in [6.07, 6.45) is 2.90. The van der Waals surface area contributed by atoms with Crippen LogP contribution in [0.5, 0.6) is 5.75 Å². The van der Waals surface area contributed by atoms with Crippen LogP contribution in [0.4, 0.5) is 0 Å². The van der Waals surface area contributed by atoms with Crippen molar-refractivity contribution in [1.29, 1.82) is 0 Å². The molecule has 0 saturated heterocycles. The van der Waals surface area contributed by atoms with Crippen molar-refractivity contribution in [2.24, 2.45) is 0 Å². The summed E-state index contributed by atoms with van der Waals surface area (Å²) < 4.78 is 7.25. The Morgan fingerprint density at radius 3 is 2.89 bits per heavy atom. The molecule has 0 aliphatic carbocycles. The zero-order chi connectivity index (χ0) is 13.4. The largest absolute Gasteiger partial charge is 0.496 e. The first-order valence-electron chi connectivity index (χ1n) is 6.21. The number of hydrogen-bond acceptors (Lipinski definition) is 4. The second kappa shape index (κ2) is 4.66. The summed E-state index contributed by atoms with van der Waals surface area (Å²) >= 11 is 1.63. The number of ether oxygens (including phenoxy) is 1. The predicted molar refractivity (Wildman–Crippen MR) is 77.0 cm³/mol. The first-order chi connectivity index (χ1) is 9.21. The number of aryl methyl sites for hydroxylation is 2. The van der Waals surface area contributed by atoms with Gasteiger partial charge in [-0.3, -0.25) is 0 Å². The van der Waals surface area contributed by atoms with Crippen LogP contribution in [0.1, 0.15) is 17.5 Å². The number of aromatic nitrogens is 3. The smallest absolute Gasteiger partial charge is 0.212 e. The van der Waals surface area contributed by atoms with E-state index in [1.165, 1.54) is 5.56 Å². The Bertz CT molecular complexity index is 698. The lowest BCUT2D eigenvalue weighted by Gasteiger charge is -2.06. The number of fused-ring (bicyclic) bond motifs is 1. The Balaban J connectivity index is 2.13. The highest BCUT2D eigenvalue weighted by atomic mass is 32.1. The van der Waals surface area contributed by atoms with Crippen molar-refractivity contribution < 1.29 is 4.74 Å². The topological polar surface area (TPSA) is 39.4 Å². The number of imidazole rings is 1. The van der Waals surface area contributed by atoms with Crippen LogP contribution in [0.2, 0.25) is 0 Å². The average molecular weight is 273 g/mol. The molecule has 98 valence electrons. The van der Waals surface area contributed by atoms with Crippen LogP contribution in [0.3, 0.4) is 0 Å². The van der Waals surface area contributed by atoms with E-state index in [4.69, 9.17) is 4.74 Å². The summed E-state index contributed by atoms with van der Waals surface area (Å²) in [5.74, 6) is 0.840. The van der Waals surface area contributed by atoms with E-state index in [1.54, 1.807) is 18.4 Å². The molecule has 5 heteroatoms. The van der Waals surface area contributed by atoms with Crippen molar-refractivity contribution in [2.45, 2.75) is 20.3 Å². The Labute approximate surface area is 115 Å². The Morgan fingerprint density at radius 1 is 1.37 bits per heavy atom. The van der Waals surface area contributed by atoms with Crippen LogP contribution in [0.25, 0.3) is 16.2 Å². The molecule has 0 N–H and O–H groups in total. The van der Waals surface area contributed by atoms with E-state index in [0.29, 0.717) is 0 Å². The van der Waals surface area contributed by atoms with Gasteiger partial charge >= 0.3 is 0 Å². The zero-order valence-electron chi connectivity index (χ0n) is 11.2. The molecule has 0 atom stereocenters. The molecule has 0 unspecified atom stereocenters. The Kier molecular flexibility index (Phi) is 2.98. The first-order valence-corrected chi connectivity index (χ1v) is 7.03. The van der Waals surface area contributed by atoms with E-state index in [2.05, 4.69) is 30.0 Å². The number of rotatable bonds is 3. The third-order valence-electron chi connectivity index (χ3n) is 3.02. The molecular formula is C14H15N3OS. The fourth-order valence-electron chi connectivity index (χ4n) is 2.04. The van der Waals surface area contributed by atoms with Gasteiger partial charge in [-0.2, -0.15) is 5.10 Å². The van der Waals surface area contributed by atoms with Crippen LogP contribution in [0.15, 0.2) is 24.4 Å². The first kappa shape index (κ1) is 12.2. The van der Waals surface area contributed by atoms with E-state index < -0.39 is 0 Å². The maximum absolute atomic E-state index is 5.41. The lowest BCUT2D eigenvalue weighted by Crippen LogP contribution is -1.89. The van der Waals surface area contributed by atoms with E-state index in [0.717, 1.165) is 33.4 Å². The third-order valence-corrected chi connectivity index (χ3v) is 4.09. The number of methoxy groups -OCH3 is 1. The minimum absolute atomic E-state index is 0.840. The molecule has 0 saturated carbocycles. The highest BCUT2D eigenvalue weighted by molar-refractivity contribution is 7.16. The lowest BCUT2D eigenvalue weighted by molar-refractivity contribution is 0.416. The summed E-state index contributed by atoms with van der Waals surface area (Å²) in [6.45, 7) is 4.16. The summed E-state index contributed by atoms with van der Waals surface area (Å²) in [5.41, 5.74) is 3.11. The second-order valence-corrected chi connectivity index (χ2v) is 5.45. The maximum atomic E-state index is 5.41. The van der Waals surface area contributed by atoms with Gasteiger partial charge in [0.1, 0.15) is 10.8 Å². The molecule has 3 aromatic rings. The van der Waals surface area contributed by atoms with Gasteiger partial charge < -0.3 is 4.74 Å². The molecule has 1 aromatic carbocycles. The van der Waals surface area contributed by atoms with Crippen LogP contribution in [0, 0.1) is 6.92 Å². The number of nitrogens with zero attached hydrogens (tertiary/aromatic N) is 3. The Hall–Kier alpha value is -1.88. The SMILES string of the molecule is CCc1nn2cc(-c3cc(C)ccc3OC)nc2s1. The molecule has 0 bridgehead atoms. The summed E-state index contributed by atoms with van der Waals surface area (Å²) in [5, 5.41) is 5.59. The summed E-state index contributed by atoms with van der Waals surface area (Å²) in [6, 6.07) is 6.10. The molecular weight excluding hydrogens is 258 g/mol. The van der Waals surface area contributed by atoms with E-state index >= 15 is 0 Å². The molecule has 0 aliphatic rings. The van der Waals surface area contributed by atoms with Crippen LogP contribution in [-0.4, -0.2) is 21.7 Å². The molecule has 0 amide bonds. The van der Waals surface area contributed by atoms with Crippen molar-refractivity contribution in [3.8, 4) is 17.0 Å². The maximum Gasteiger partial charge on any atom is 0.212 e. The average Bonchev–Trinajstić information content (AvgIpc) is 2.96. The van der Waals surface area contributed by atoms with Gasteiger partial charge in [-0.25, -0.2) is 9.50 Å². The lowest BCUT2D eigenvalue weighted by atomic mass is 10.1. The van der Waals surface area contributed by atoms with Crippen LogP contribution in [-0.2, 0) is 6.42 Å². The van der Waals surface area contributed by atoms with Crippen LogP contribution >= 0.6 is 11.3 Å². The normalized spacial score (nSPS) is 11.1. The van der Waals surface area contributed by atoms with Gasteiger partial charge in [0, 0.05) is 5.56 Å². The fourth-order valence-corrected chi connectivity index (χ4v) is 2.85. The molecule has 0 radical (unpaired) electrons. The molecule has 2 aromatic heterocycles. The molecule has 0 aliphatic heterocycles. The highest BCUT2D eigenvalue weighted by Gasteiger charge is 2.12. The minimum atomic E-state index is 0.840. The predicted octanol–water partition coefficient (Wildman–Crippen LogP) is 3.34. The van der Waals surface area contributed by atoms with Gasteiger partial charge in [0.05, 0.1) is 19.0 Å². The highest BCUT2D eigenvalue weighted by Crippen LogP contribution is 2.31. The van der Waals surface area contributed by atoms with Crippen molar-refractivity contribution in [1.82, 2.24) is 14.6 Å². The van der Waals surface area contributed by atoms with Gasteiger partial charge in [-0.15, -0.1) is 0 Å². The Morgan fingerprint density at radius 2 is 2.21 bits per heavy atom. The molecule has 4 nitrogen and oxygen atoms in total.